The van der Waals surface area contributed by atoms with Gasteiger partial charge in [0.25, 0.3) is 0 Å². The molecule has 0 saturated carbocycles. The van der Waals surface area contributed by atoms with Crippen LogP contribution >= 0.6 is 11.6 Å². The van der Waals surface area contributed by atoms with Crippen molar-refractivity contribution in [2.75, 3.05) is 0 Å². The highest BCUT2D eigenvalue weighted by Crippen LogP contribution is 2.25. The van der Waals surface area contributed by atoms with Crippen molar-refractivity contribution in [3.05, 3.63) is 58.6 Å². The van der Waals surface area contributed by atoms with Crippen molar-refractivity contribution in [1.29, 1.82) is 0 Å². The standard InChI is InChI=1S/C14H13ClN2O2/c1-9-3-2-4-10(5-9)6-11(14(18)19)13-12(15)7-16-8-17-13/h2-5,7-8,11H,6H2,1H3,(H,18,19). The quantitative estimate of drug-likeness (QED) is 0.933. The Bertz CT molecular complexity index is 602. The predicted molar refractivity (Wildman–Crippen MR) is 72.3 cm³/mol. The van der Waals surface area contributed by atoms with E-state index in [9.17, 15) is 9.90 Å². The summed E-state index contributed by atoms with van der Waals surface area (Å²) in [6.07, 6.45) is 3.08. The van der Waals surface area contributed by atoms with Crippen LogP contribution in [0.2, 0.25) is 5.02 Å². The van der Waals surface area contributed by atoms with E-state index >= 15 is 0 Å². The molecule has 5 heteroatoms. The third kappa shape index (κ3) is 3.29. The molecule has 19 heavy (non-hydrogen) atoms. The summed E-state index contributed by atoms with van der Waals surface area (Å²) < 4.78 is 0. The monoisotopic (exact) mass is 276 g/mol. The molecular weight excluding hydrogens is 264 g/mol. The molecule has 0 radical (unpaired) electrons. The van der Waals surface area contributed by atoms with Crippen molar-refractivity contribution in [1.82, 2.24) is 9.97 Å². The van der Waals surface area contributed by atoms with E-state index in [1.54, 1.807) is 0 Å². The Morgan fingerprint density at radius 3 is 2.89 bits per heavy atom. The van der Waals surface area contributed by atoms with E-state index in [1.807, 2.05) is 31.2 Å². The SMILES string of the molecule is Cc1cccc(CC(C(=O)O)c2ncncc2Cl)c1. The van der Waals surface area contributed by atoms with Gasteiger partial charge in [-0.2, -0.15) is 0 Å². The van der Waals surface area contributed by atoms with Crippen LogP contribution in [0.15, 0.2) is 36.8 Å². The zero-order chi connectivity index (χ0) is 13.8. The van der Waals surface area contributed by atoms with E-state index < -0.39 is 11.9 Å². The largest absolute Gasteiger partial charge is 0.481 e. The van der Waals surface area contributed by atoms with Crippen LogP contribution in [-0.2, 0) is 11.2 Å². The van der Waals surface area contributed by atoms with Gasteiger partial charge in [-0.1, -0.05) is 41.4 Å². The number of rotatable bonds is 4. The van der Waals surface area contributed by atoms with Gasteiger partial charge in [-0.15, -0.1) is 0 Å². The minimum absolute atomic E-state index is 0.280. The topological polar surface area (TPSA) is 63.1 Å². The van der Waals surface area contributed by atoms with Crippen molar-refractivity contribution in [2.45, 2.75) is 19.3 Å². The van der Waals surface area contributed by atoms with Gasteiger partial charge >= 0.3 is 5.97 Å². The van der Waals surface area contributed by atoms with Crippen LogP contribution in [0.1, 0.15) is 22.7 Å². The van der Waals surface area contributed by atoms with Gasteiger partial charge in [-0.3, -0.25) is 4.79 Å². The lowest BCUT2D eigenvalue weighted by Gasteiger charge is -2.13. The smallest absolute Gasteiger partial charge is 0.312 e. The lowest BCUT2D eigenvalue weighted by Crippen LogP contribution is -2.16. The minimum Gasteiger partial charge on any atom is -0.481 e. The highest BCUT2D eigenvalue weighted by molar-refractivity contribution is 6.31. The Morgan fingerprint density at radius 2 is 2.26 bits per heavy atom. The summed E-state index contributed by atoms with van der Waals surface area (Å²) in [5.41, 5.74) is 2.39. The Morgan fingerprint density at radius 1 is 1.47 bits per heavy atom. The van der Waals surface area contributed by atoms with Crippen LogP contribution in [0.5, 0.6) is 0 Å². The lowest BCUT2D eigenvalue weighted by molar-refractivity contribution is -0.138. The van der Waals surface area contributed by atoms with Crippen LogP contribution in [0.3, 0.4) is 0 Å². The number of hydrogen-bond acceptors (Lipinski definition) is 3. The first kappa shape index (κ1) is 13.5. The fourth-order valence-corrected chi connectivity index (χ4v) is 2.19. The van der Waals surface area contributed by atoms with Crippen molar-refractivity contribution >= 4 is 17.6 Å². The second-order valence-corrected chi connectivity index (χ2v) is 4.75. The third-order valence-electron chi connectivity index (χ3n) is 2.85. The third-order valence-corrected chi connectivity index (χ3v) is 3.14. The first-order valence-electron chi connectivity index (χ1n) is 5.81. The maximum absolute atomic E-state index is 11.4. The first-order valence-corrected chi connectivity index (χ1v) is 6.19. The molecule has 0 saturated heterocycles. The molecule has 0 aliphatic carbocycles. The Labute approximate surface area is 116 Å². The van der Waals surface area contributed by atoms with Crippen molar-refractivity contribution < 1.29 is 9.90 Å². The summed E-state index contributed by atoms with van der Waals surface area (Å²) in [5, 5.41) is 9.64. The molecule has 0 amide bonds. The van der Waals surface area contributed by atoms with Gasteiger partial charge in [-0.05, 0) is 18.9 Å². The Balaban J connectivity index is 2.32. The Hall–Kier alpha value is -1.94. The van der Waals surface area contributed by atoms with E-state index in [-0.39, 0.29) is 5.02 Å². The van der Waals surface area contributed by atoms with Crippen molar-refractivity contribution in [2.24, 2.45) is 0 Å². The van der Waals surface area contributed by atoms with Crippen molar-refractivity contribution in [3.63, 3.8) is 0 Å². The van der Waals surface area contributed by atoms with Crippen LogP contribution < -0.4 is 0 Å². The molecule has 0 bridgehead atoms. The zero-order valence-electron chi connectivity index (χ0n) is 10.4. The maximum atomic E-state index is 11.4. The minimum atomic E-state index is -0.942. The molecule has 0 fully saturated rings. The molecule has 0 spiro atoms. The Kier molecular flexibility index (Phi) is 4.12. The number of benzene rings is 1. The maximum Gasteiger partial charge on any atom is 0.312 e. The molecule has 1 N–H and O–H groups in total. The lowest BCUT2D eigenvalue weighted by atomic mass is 9.95. The molecule has 2 aromatic rings. The molecule has 1 atom stereocenters. The van der Waals surface area contributed by atoms with Crippen LogP contribution in [0.4, 0.5) is 0 Å². The van der Waals surface area contributed by atoms with Gasteiger partial charge in [-0.25, -0.2) is 9.97 Å². The summed E-state index contributed by atoms with van der Waals surface area (Å²) in [6.45, 7) is 1.97. The van der Waals surface area contributed by atoms with E-state index in [2.05, 4.69) is 9.97 Å². The summed E-state index contributed by atoms with van der Waals surface area (Å²) in [6, 6.07) is 7.74. The number of aromatic nitrogens is 2. The van der Waals surface area contributed by atoms with Gasteiger partial charge in [0.2, 0.25) is 0 Å². The van der Waals surface area contributed by atoms with E-state index in [0.29, 0.717) is 12.1 Å². The number of aryl methyl sites for hydroxylation is 1. The molecule has 1 aromatic carbocycles. The molecule has 0 aliphatic rings. The predicted octanol–water partition coefficient (Wildman–Crippen LogP) is 2.85. The average Bonchev–Trinajstić information content (AvgIpc) is 2.37. The van der Waals surface area contributed by atoms with Gasteiger partial charge in [0.05, 0.1) is 10.7 Å². The number of aliphatic carboxylic acids is 1. The number of carboxylic acid groups (broad SMARTS) is 1. The molecule has 98 valence electrons. The van der Waals surface area contributed by atoms with Gasteiger partial charge < -0.3 is 5.11 Å². The number of nitrogens with zero attached hydrogens (tertiary/aromatic N) is 2. The van der Waals surface area contributed by atoms with Crippen LogP contribution in [0.25, 0.3) is 0 Å². The van der Waals surface area contributed by atoms with Crippen LogP contribution in [-0.4, -0.2) is 21.0 Å². The highest BCUT2D eigenvalue weighted by atomic mass is 35.5. The molecule has 1 aromatic heterocycles. The fourth-order valence-electron chi connectivity index (χ4n) is 1.95. The van der Waals surface area contributed by atoms with E-state index in [4.69, 9.17) is 11.6 Å². The molecule has 1 unspecified atom stereocenters. The molecule has 2 rings (SSSR count). The van der Waals surface area contributed by atoms with E-state index in [0.717, 1.165) is 11.1 Å². The molecule has 0 aliphatic heterocycles. The second kappa shape index (κ2) is 5.80. The molecular formula is C14H13ClN2O2. The van der Waals surface area contributed by atoms with Crippen LogP contribution in [0, 0.1) is 6.92 Å². The average molecular weight is 277 g/mol. The number of hydrogen-bond donors (Lipinski definition) is 1. The van der Waals surface area contributed by atoms with Gasteiger partial charge in [0.15, 0.2) is 0 Å². The number of carbonyl (C=O) groups is 1. The van der Waals surface area contributed by atoms with Gasteiger partial charge in [0, 0.05) is 6.20 Å². The number of carboxylic acids is 1. The van der Waals surface area contributed by atoms with Gasteiger partial charge in [0.1, 0.15) is 12.2 Å². The summed E-state index contributed by atoms with van der Waals surface area (Å²) >= 11 is 5.97. The summed E-state index contributed by atoms with van der Waals surface area (Å²) in [5.74, 6) is -1.71. The fraction of sp³-hybridized carbons (Fsp3) is 0.214. The summed E-state index contributed by atoms with van der Waals surface area (Å²) in [4.78, 5) is 19.2. The summed E-state index contributed by atoms with van der Waals surface area (Å²) in [7, 11) is 0. The second-order valence-electron chi connectivity index (χ2n) is 4.34. The zero-order valence-corrected chi connectivity index (χ0v) is 11.1. The molecule has 4 nitrogen and oxygen atoms in total. The molecule has 1 heterocycles. The normalized spacial score (nSPS) is 12.1. The van der Waals surface area contributed by atoms with E-state index in [1.165, 1.54) is 12.5 Å². The first-order chi connectivity index (χ1) is 9.08. The van der Waals surface area contributed by atoms with Crippen molar-refractivity contribution in [3.8, 4) is 0 Å². The number of halogens is 1. The highest BCUT2D eigenvalue weighted by Gasteiger charge is 2.24.